The second-order valence-corrected chi connectivity index (χ2v) is 19.5. The Labute approximate surface area is 342 Å². The molecule has 2 aromatic carbocycles. The van der Waals surface area contributed by atoms with Crippen LogP contribution >= 0.6 is 11.6 Å². The van der Waals surface area contributed by atoms with Crippen molar-refractivity contribution in [2.24, 2.45) is 17.8 Å². The molecule has 6 aliphatic rings. The number of amides is 2. The van der Waals surface area contributed by atoms with Crippen LogP contribution < -0.4 is 19.7 Å². The van der Waals surface area contributed by atoms with Crippen molar-refractivity contribution in [2.45, 2.75) is 81.6 Å². The van der Waals surface area contributed by atoms with Gasteiger partial charge in [-0.2, -0.15) is 0 Å². The van der Waals surface area contributed by atoms with E-state index in [1.165, 1.54) is 11.1 Å². The standard InChI is InChI=1S/C34H41ClN2O6S.C9H17N3O/c1-22-6-4-15-34(20-38,42-3)29-11-8-26(29)18-37-19-33(14-5-7-24-16-27(35)10-12-28(24)33)21-43-31-13-9-25(17-30(31)37)32(39)36-44(40,41)23(22)2;1-8(13)12-5-4-11-3-2-10-6-9(11)7-12/h4,9-10,12-13,15-17,20,22-23,26,29H,5-8,11,14,18-19,21H2,1-3H3,(H,36,39);9-10H,2-7H2,1H3/b15-4+;/t22-,23+,26-,29+,33-,34-;9-/m00/s1. The zero-order chi connectivity index (χ0) is 40.5. The molecule has 1 saturated carbocycles. The van der Waals surface area contributed by atoms with Gasteiger partial charge >= 0.3 is 0 Å². The minimum atomic E-state index is -3.97. The van der Waals surface area contributed by atoms with Crippen LogP contribution in [0.1, 0.15) is 74.4 Å². The molecule has 8 rings (SSSR count). The van der Waals surface area contributed by atoms with E-state index in [1.807, 2.05) is 30.0 Å². The first-order chi connectivity index (χ1) is 27.3. The molecule has 2 aliphatic carbocycles. The van der Waals surface area contributed by atoms with Gasteiger partial charge in [-0.25, -0.2) is 13.1 Å². The fourth-order valence-corrected chi connectivity index (χ4v) is 11.3. The van der Waals surface area contributed by atoms with Crippen molar-refractivity contribution in [3.63, 3.8) is 0 Å². The second-order valence-electron chi connectivity index (χ2n) is 17.1. The third-order valence-corrected chi connectivity index (χ3v) is 15.9. The number of nitrogens with zero attached hydrogens (tertiary/aromatic N) is 3. The number of nitrogens with one attached hydrogen (secondary N) is 2. The smallest absolute Gasteiger partial charge is 0.264 e. The van der Waals surface area contributed by atoms with Crippen molar-refractivity contribution >= 4 is 45.4 Å². The van der Waals surface area contributed by atoms with E-state index in [9.17, 15) is 22.8 Å². The molecule has 14 heteroatoms. The van der Waals surface area contributed by atoms with E-state index in [4.69, 9.17) is 21.1 Å². The van der Waals surface area contributed by atoms with E-state index in [1.54, 1.807) is 39.2 Å². The topological polar surface area (TPSA) is 138 Å². The highest BCUT2D eigenvalue weighted by molar-refractivity contribution is 7.90. The number of halogens is 1. The minimum absolute atomic E-state index is 0.0434. The Kier molecular flexibility index (Phi) is 12.4. The van der Waals surface area contributed by atoms with Crippen LogP contribution in [0, 0.1) is 17.8 Å². The lowest BCUT2D eigenvalue weighted by molar-refractivity contribution is -0.136. The van der Waals surface area contributed by atoms with Gasteiger partial charge in [0, 0.05) is 94.4 Å². The van der Waals surface area contributed by atoms with Crippen LogP contribution in [-0.4, -0.2) is 119 Å². The van der Waals surface area contributed by atoms with Crippen LogP contribution in [0.2, 0.25) is 5.02 Å². The first kappa shape index (κ1) is 41.7. The van der Waals surface area contributed by atoms with Gasteiger partial charge < -0.3 is 24.6 Å². The Hall–Kier alpha value is -3.49. The van der Waals surface area contributed by atoms with Crippen LogP contribution in [0.5, 0.6) is 5.75 Å². The summed E-state index contributed by atoms with van der Waals surface area (Å²) in [6, 6.07) is 11.8. The molecule has 2 bridgehead atoms. The Morgan fingerprint density at radius 3 is 2.65 bits per heavy atom. The molecule has 4 aliphatic heterocycles. The largest absolute Gasteiger partial charge is 0.490 e. The summed E-state index contributed by atoms with van der Waals surface area (Å²) in [4.78, 5) is 44.0. The molecular weight excluding hydrogens is 766 g/mol. The first-order valence-corrected chi connectivity index (χ1v) is 22.5. The molecule has 310 valence electrons. The average Bonchev–Trinajstić information content (AvgIpc) is 3.34. The number of hydrogen-bond donors (Lipinski definition) is 2. The van der Waals surface area contributed by atoms with Gasteiger partial charge in [0.15, 0.2) is 6.29 Å². The molecule has 0 aromatic heterocycles. The molecule has 2 amide bonds. The highest BCUT2D eigenvalue weighted by Gasteiger charge is 2.49. The van der Waals surface area contributed by atoms with E-state index in [0.717, 1.165) is 83.3 Å². The maximum atomic E-state index is 13.4. The maximum Gasteiger partial charge on any atom is 0.264 e. The lowest BCUT2D eigenvalue weighted by Crippen LogP contribution is -2.61. The van der Waals surface area contributed by atoms with E-state index < -0.39 is 26.8 Å². The minimum Gasteiger partial charge on any atom is -0.490 e. The van der Waals surface area contributed by atoms with Crippen LogP contribution in [0.4, 0.5) is 5.69 Å². The van der Waals surface area contributed by atoms with Gasteiger partial charge in [0.1, 0.15) is 11.4 Å². The van der Waals surface area contributed by atoms with Gasteiger partial charge in [-0.1, -0.05) is 30.7 Å². The Morgan fingerprint density at radius 2 is 1.91 bits per heavy atom. The third-order valence-electron chi connectivity index (χ3n) is 13.7. The van der Waals surface area contributed by atoms with Crippen LogP contribution in [0.15, 0.2) is 48.6 Å². The summed E-state index contributed by atoms with van der Waals surface area (Å²) in [5, 5.41) is 3.24. The predicted molar refractivity (Wildman–Crippen MR) is 221 cm³/mol. The molecule has 12 nitrogen and oxygen atoms in total. The number of methoxy groups -OCH3 is 1. The summed E-state index contributed by atoms with van der Waals surface area (Å²) in [5.74, 6) is 0.0105. The van der Waals surface area contributed by atoms with Crippen LogP contribution in [0.3, 0.4) is 0 Å². The van der Waals surface area contributed by atoms with Crippen molar-refractivity contribution < 1.29 is 32.3 Å². The quantitative estimate of drug-likeness (QED) is 0.327. The molecule has 2 N–H and O–H groups in total. The van der Waals surface area contributed by atoms with Gasteiger partial charge in [0.2, 0.25) is 15.9 Å². The summed E-state index contributed by atoms with van der Waals surface area (Å²) in [7, 11) is -2.41. The van der Waals surface area contributed by atoms with Gasteiger partial charge in [-0.3, -0.25) is 19.3 Å². The van der Waals surface area contributed by atoms with E-state index in [-0.39, 0.29) is 34.6 Å². The summed E-state index contributed by atoms with van der Waals surface area (Å²) in [6.07, 6.45) is 9.65. The number of carbonyl (C=O) groups excluding carboxylic acids is 3. The second kappa shape index (κ2) is 17.0. The fraction of sp³-hybridized carbons (Fsp3) is 0.605. The summed E-state index contributed by atoms with van der Waals surface area (Å²) < 4.78 is 41.3. The number of hydrogen-bond acceptors (Lipinski definition) is 10. The molecule has 57 heavy (non-hydrogen) atoms. The molecule has 0 radical (unpaired) electrons. The number of fused-ring (bicyclic) bond motifs is 5. The maximum absolute atomic E-state index is 13.4. The monoisotopic (exact) mass is 823 g/mol. The SMILES string of the molecule is CC(=O)N1CCN2CCNC[C@H]2C1.CO[C@]1(C=O)/C=C/C[C@H](C)[C@@H](C)S(=O)(=O)NC(=O)c2ccc3c(c2)N(C[C@@H]2CC[C@H]21)C[C@@]1(CCCc2cc(Cl)ccc21)CO3. The lowest BCUT2D eigenvalue weighted by Gasteiger charge is -2.48. The van der Waals surface area contributed by atoms with Gasteiger partial charge in [-0.15, -0.1) is 0 Å². The zero-order valence-corrected chi connectivity index (χ0v) is 35.2. The number of anilines is 1. The highest BCUT2D eigenvalue weighted by Crippen LogP contribution is 2.48. The molecule has 4 heterocycles. The molecule has 1 spiro atoms. The number of ether oxygens (including phenoxy) is 2. The van der Waals surface area contributed by atoms with Crippen molar-refractivity contribution in [1.82, 2.24) is 19.8 Å². The zero-order valence-electron chi connectivity index (χ0n) is 33.7. The number of aryl methyl sites for hydroxylation is 1. The molecule has 3 fully saturated rings. The van der Waals surface area contributed by atoms with Crippen molar-refractivity contribution in [1.29, 1.82) is 0 Å². The van der Waals surface area contributed by atoms with Gasteiger partial charge in [-0.05, 0) is 105 Å². The number of carbonyl (C=O) groups is 3. The van der Waals surface area contributed by atoms with Crippen molar-refractivity contribution in [3.8, 4) is 5.75 Å². The molecule has 2 aromatic rings. The highest BCUT2D eigenvalue weighted by atomic mass is 35.5. The molecule has 7 atom stereocenters. The number of benzene rings is 2. The van der Waals surface area contributed by atoms with E-state index in [0.29, 0.717) is 42.9 Å². The normalized spacial score (nSPS) is 33.0. The first-order valence-electron chi connectivity index (χ1n) is 20.5. The Balaban J connectivity index is 0.000000322. The molecule has 0 unspecified atom stereocenters. The number of sulfonamides is 1. The Morgan fingerprint density at radius 1 is 1.09 bits per heavy atom. The lowest BCUT2D eigenvalue weighted by atomic mass is 9.64. The third kappa shape index (κ3) is 8.50. The van der Waals surface area contributed by atoms with Crippen LogP contribution in [0.25, 0.3) is 0 Å². The molecular formula is C43H58ClN5O7S. The summed E-state index contributed by atoms with van der Waals surface area (Å²) in [6.45, 7) is 13.0. The number of piperazine rings is 2. The Bertz CT molecular complexity index is 1980. The molecule has 2 saturated heterocycles. The van der Waals surface area contributed by atoms with Crippen molar-refractivity contribution in [2.75, 3.05) is 71.0 Å². The summed E-state index contributed by atoms with van der Waals surface area (Å²) in [5.41, 5.74) is 2.05. The number of aldehydes is 1. The summed E-state index contributed by atoms with van der Waals surface area (Å²) >= 11 is 6.40. The van der Waals surface area contributed by atoms with Gasteiger partial charge in [0.05, 0.1) is 17.5 Å². The van der Waals surface area contributed by atoms with Gasteiger partial charge in [0.25, 0.3) is 5.91 Å². The van der Waals surface area contributed by atoms with E-state index >= 15 is 0 Å². The fourth-order valence-electron chi connectivity index (χ4n) is 9.84. The predicted octanol–water partition coefficient (Wildman–Crippen LogP) is 4.59. The van der Waals surface area contributed by atoms with E-state index in [2.05, 4.69) is 32.0 Å². The van der Waals surface area contributed by atoms with Crippen molar-refractivity contribution in [3.05, 3.63) is 70.3 Å². The number of allylic oxidation sites excluding steroid dienone is 1. The average molecular weight is 824 g/mol. The number of rotatable bonds is 2. The van der Waals surface area contributed by atoms with Crippen LogP contribution in [-0.2, 0) is 36.2 Å².